The molecule has 0 aliphatic heterocycles. The molecule has 1 aromatic rings. The van der Waals surface area contributed by atoms with Gasteiger partial charge in [-0.05, 0) is 23.8 Å². The van der Waals surface area contributed by atoms with Crippen LogP contribution in [0.25, 0.3) is 6.08 Å². The van der Waals surface area contributed by atoms with Crippen LogP contribution < -0.4 is 9.92 Å². The van der Waals surface area contributed by atoms with E-state index in [4.69, 9.17) is 10.3 Å². The van der Waals surface area contributed by atoms with Gasteiger partial charge in [0.1, 0.15) is 5.75 Å². The van der Waals surface area contributed by atoms with Gasteiger partial charge in [0.25, 0.3) is 0 Å². The summed E-state index contributed by atoms with van der Waals surface area (Å²) in [4.78, 5) is 10.5. The second-order valence-electron chi connectivity index (χ2n) is 2.82. The Labute approximate surface area is 92.3 Å². The largest absolute Gasteiger partial charge is 0.446 e. The number of hydrogen-bond donors (Lipinski definition) is 2. The number of carbonyl (C=O) groups is 1. The molecule has 16 heavy (non-hydrogen) atoms. The first-order chi connectivity index (χ1) is 7.37. The van der Waals surface area contributed by atoms with E-state index in [0.29, 0.717) is 5.56 Å². The first-order valence-electron chi connectivity index (χ1n) is 4.11. The van der Waals surface area contributed by atoms with Crippen molar-refractivity contribution in [3.63, 3.8) is 0 Å². The molecule has 0 aliphatic rings. The van der Waals surface area contributed by atoms with E-state index >= 15 is 0 Å². The summed E-state index contributed by atoms with van der Waals surface area (Å²) in [6.07, 6.45) is 2.51. The van der Waals surface area contributed by atoms with Crippen LogP contribution in [0.15, 0.2) is 30.3 Å². The SMILES string of the molecule is NC(=O)C=Cc1cccc(OS(=O)(=O)O)c1. The number of rotatable bonds is 4. The molecule has 1 amide bonds. The maximum Gasteiger partial charge on any atom is 0.446 e. The van der Waals surface area contributed by atoms with Gasteiger partial charge in [-0.25, -0.2) is 0 Å². The van der Waals surface area contributed by atoms with Gasteiger partial charge in [-0.15, -0.1) is 0 Å². The highest BCUT2D eigenvalue weighted by atomic mass is 32.3. The van der Waals surface area contributed by atoms with Gasteiger partial charge in [-0.1, -0.05) is 12.1 Å². The second kappa shape index (κ2) is 4.77. The number of amides is 1. The summed E-state index contributed by atoms with van der Waals surface area (Å²) < 4.78 is 33.5. The lowest BCUT2D eigenvalue weighted by atomic mass is 10.2. The molecule has 7 heteroatoms. The highest BCUT2D eigenvalue weighted by Crippen LogP contribution is 2.15. The smallest absolute Gasteiger partial charge is 0.366 e. The summed E-state index contributed by atoms with van der Waals surface area (Å²) in [7, 11) is -4.54. The Morgan fingerprint density at radius 2 is 2.12 bits per heavy atom. The highest BCUT2D eigenvalue weighted by molar-refractivity contribution is 7.81. The third kappa shape index (κ3) is 4.58. The van der Waals surface area contributed by atoms with Crippen LogP contribution in [0.4, 0.5) is 0 Å². The third-order valence-electron chi connectivity index (χ3n) is 1.50. The van der Waals surface area contributed by atoms with Crippen LogP contribution in [0.5, 0.6) is 5.75 Å². The second-order valence-corrected chi connectivity index (χ2v) is 3.84. The number of nitrogens with two attached hydrogens (primary N) is 1. The van der Waals surface area contributed by atoms with Crippen LogP contribution in [0.2, 0.25) is 0 Å². The molecule has 6 nitrogen and oxygen atoms in total. The average molecular weight is 243 g/mol. The fourth-order valence-corrected chi connectivity index (χ4v) is 1.32. The fourth-order valence-electron chi connectivity index (χ4n) is 0.970. The van der Waals surface area contributed by atoms with Crippen LogP contribution in [0.3, 0.4) is 0 Å². The van der Waals surface area contributed by atoms with Gasteiger partial charge >= 0.3 is 10.4 Å². The molecular weight excluding hydrogens is 234 g/mol. The Bertz CT molecular complexity index is 520. The summed E-state index contributed by atoms with van der Waals surface area (Å²) in [6.45, 7) is 0. The number of hydrogen-bond acceptors (Lipinski definition) is 4. The number of benzene rings is 1. The molecule has 0 heterocycles. The predicted molar refractivity (Wildman–Crippen MR) is 56.8 cm³/mol. The monoisotopic (exact) mass is 243 g/mol. The first kappa shape index (κ1) is 12.2. The Morgan fingerprint density at radius 1 is 1.44 bits per heavy atom. The van der Waals surface area contributed by atoms with Crippen LogP contribution >= 0.6 is 0 Å². The standard InChI is InChI=1S/C9H9NO5S/c10-9(11)5-4-7-2-1-3-8(6-7)15-16(12,13)14/h1-6H,(H2,10,11)(H,12,13,14). The zero-order valence-corrected chi connectivity index (χ0v) is 8.85. The Morgan fingerprint density at radius 3 is 2.69 bits per heavy atom. The maximum absolute atomic E-state index is 10.5. The average Bonchev–Trinajstić information content (AvgIpc) is 2.12. The third-order valence-corrected chi connectivity index (χ3v) is 1.90. The van der Waals surface area contributed by atoms with Crippen molar-refractivity contribution in [3.05, 3.63) is 35.9 Å². The van der Waals surface area contributed by atoms with E-state index in [1.165, 1.54) is 24.3 Å². The lowest BCUT2D eigenvalue weighted by Gasteiger charge is -2.01. The molecule has 0 saturated heterocycles. The van der Waals surface area contributed by atoms with E-state index in [0.717, 1.165) is 6.08 Å². The number of primary amides is 1. The van der Waals surface area contributed by atoms with Crippen LogP contribution in [0.1, 0.15) is 5.56 Å². The molecule has 0 bridgehead atoms. The zero-order chi connectivity index (χ0) is 12.2. The first-order valence-corrected chi connectivity index (χ1v) is 5.48. The van der Waals surface area contributed by atoms with E-state index in [2.05, 4.69) is 4.18 Å². The molecule has 0 aliphatic carbocycles. The van der Waals surface area contributed by atoms with Gasteiger partial charge in [-0.2, -0.15) is 8.42 Å². The van der Waals surface area contributed by atoms with Gasteiger partial charge < -0.3 is 9.92 Å². The van der Waals surface area contributed by atoms with Crippen LogP contribution in [-0.4, -0.2) is 18.9 Å². The molecule has 3 N–H and O–H groups in total. The zero-order valence-electron chi connectivity index (χ0n) is 8.03. The minimum Gasteiger partial charge on any atom is -0.366 e. The molecule has 0 aromatic heterocycles. The summed E-state index contributed by atoms with van der Waals surface area (Å²) in [5, 5.41) is 0. The molecule has 0 atom stereocenters. The van der Waals surface area contributed by atoms with Gasteiger partial charge in [0, 0.05) is 6.08 Å². The molecule has 0 radical (unpaired) electrons. The van der Waals surface area contributed by atoms with Crippen LogP contribution in [-0.2, 0) is 15.2 Å². The van der Waals surface area contributed by atoms with Crippen molar-refractivity contribution in [2.45, 2.75) is 0 Å². The van der Waals surface area contributed by atoms with E-state index < -0.39 is 16.3 Å². The molecule has 0 fully saturated rings. The van der Waals surface area contributed by atoms with Crippen molar-refractivity contribution >= 4 is 22.4 Å². The van der Waals surface area contributed by atoms with Crippen molar-refractivity contribution < 1.29 is 21.9 Å². The lowest BCUT2D eigenvalue weighted by Crippen LogP contribution is -2.06. The molecule has 1 rings (SSSR count). The highest BCUT2D eigenvalue weighted by Gasteiger charge is 2.06. The minimum absolute atomic E-state index is 0.0610. The maximum atomic E-state index is 10.5. The van der Waals surface area contributed by atoms with Crippen molar-refractivity contribution in [1.29, 1.82) is 0 Å². The lowest BCUT2D eigenvalue weighted by molar-refractivity contribution is -0.113. The van der Waals surface area contributed by atoms with E-state index in [9.17, 15) is 13.2 Å². The minimum atomic E-state index is -4.54. The summed E-state index contributed by atoms with van der Waals surface area (Å²) in [5.41, 5.74) is 5.40. The summed E-state index contributed by atoms with van der Waals surface area (Å²) in [6, 6.07) is 5.78. The summed E-state index contributed by atoms with van der Waals surface area (Å²) in [5.74, 6) is -0.685. The molecular formula is C9H9NO5S. The molecule has 0 saturated carbocycles. The summed E-state index contributed by atoms with van der Waals surface area (Å²) >= 11 is 0. The predicted octanol–water partition coefficient (Wildman–Crippen LogP) is 0.367. The van der Waals surface area contributed by atoms with Gasteiger partial charge in [0.05, 0.1) is 0 Å². The topological polar surface area (TPSA) is 107 Å². The van der Waals surface area contributed by atoms with Gasteiger partial charge in [-0.3, -0.25) is 9.35 Å². The number of carbonyl (C=O) groups excluding carboxylic acids is 1. The van der Waals surface area contributed by atoms with E-state index in [1.807, 2.05) is 0 Å². The molecule has 0 unspecified atom stereocenters. The quantitative estimate of drug-likeness (QED) is 0.586. The molecule has 1 aromatic carbocycles. The van der Waals surface area contributed by atoms with Crippen molar-refractivity contribution in [2.24, 2.45) is 5.73 Å². The molecule has 86 valence electrons. The van der Waals surface area contributed by atoms with Gasteiger partial charge in [0.2, 0.25) is 5.91 Å². The van der Waals surface area contributed by atoms with Crippen molar-refractivity contribution in [3.8, 4) is 5.75 Å². The molecule has 0 spiro atoms. The Balaban J connectivity index is 2.91. The Hall–Kier alpha value is -1.86. The van der Waals surface area contributed by atoms with Crippen molar-refractivity contribution in [1.82, 2.24) is 0 Å². The normalized spacial score (nSPS) is 11.6. The van der Waals surface area contributed by atoms with E-state index in [-0.39, 0.29) is 5.75 Å². The Kier molecular flexibility index (Phi) is 3.64. The van der Waals surface area contributed by atoms with E-state index in [1.54, 1.807) is 6.07 Å². The van der Waals surface area contributed by atoms with Gasteiger partial charge in [0.15, 0.2) is 0 Å². The van der Waals surface area contributed by atoms with Crippen molar-refractivity contribution in [2.75, 3.05) is 0 Å². The fraction of sp³-hybridized carbons (Fsp3) is 0. The van der Waals surface area contributed by atoms with Crippen LogP contribution in [0, 0.1) is 0 Å².